The van der Waals surface area contributed by atoms with E-state index >= 15 is 0 Å². The molecule has 0 bridgehead atoms. The van der Waals surface area contributed by atoms with Gasteiger partial charge in [-0.05, 0) is 19.1 Å². The van der Waals surface area contributed by atoms with E-state index in [0.29, 0.717) is 21.4 Å². The first-order chi connectivity index (χ1) is 6.50. The van der Waals surface area contributed by atoms with Gasteiger partial charge in [0.25, 0.3) is 0 Å². The van der Waals surface area contributed by atoms with Crippen molar-refractivity contribution in [2.45, 2.75) is 6.92 Å². The molecule has 0 aliphatic heterocycles. The number of benzene rings is 1. The molecule has 14 heavy (non-hydrogen) atoms. The number of rotatable bonds is 2. The summed E-state index contributed by atoms with van der Waals surface area (Å²) in [4.78, 5) is 11.1. The first kappa shape index (κ1) is 11.1. The van der Waals surface area contributed by atoms with Gasteiger partial charge in [0, 0.05) is 11.6 Å². The summed E-state index contributed by atoms with van der Waals surface area (Å²) < 4.78 is 4.93. The Balaban J connectivity index is 2.83. The van der Waals surface area contributed by atoms with Crippen LogP contribution in [0.2, 0.25) is 10.0 Å². The van der Waals surface area contributed by atoms with Gasteiger partial charge in [0.2, 0.25) is 0 Å². The van der Waals surface area contributed by atoms with E-state index < -0.39 is 5.97 Å². The average Bonchev–Trinajstić information content (AvgIpc) is 2.11. The first-order valence-corrected chi connectivity index (χ1v) is 4.59. The number of carbonyl (C=O) groups is 1. The molecule has 74 valence electrons. The van der Waals surface area contributed by atoms with E-state index in [-0.39, 0.29) is 0 Å². The summed E-state index contributed by atoms with van der Waals surface area (Å²) in [7, 11) is 0. The van der Waals surface area contributed by atoms with Gasteiger partial charge < -0.3 is 4.74 Å². The Hall–Kier alpha value is -0.990. The van der Waals surface area contributed by atoms with E-state index in [9.17, 15) is 4.79 Å². The summed E-state index contributed by atoms with van der Waals surface area (Å²) in [5.74, 6) is -0.129. The number of halogens is 2. The molecule has 0 spiro atoms. The molecule has 4 heteroatoms. The number of hydrogen-bond donors (Lipinski definition) is 0. The Kier molecular flexibility index (Phi) is 3.55. The van der Waals surface area contributed by atoms with Crippen LogP contribution in [0.4, 0.5) is 0 Å². The minimum absolute atomic E-state index is 0.330. The van der Waals surface area contributed by atoms with E-state index in [1.807, 2.05) is 0 Å². The molecule has 0 aliphatic rings. The van der Waals surface area contributed by atoms with Crippen LogP contribution in [-0.4, -0.2) is 5.97 Å². The predicted molar refractivity (Wildman–Crippen MR) is 56.9 cm³/mol. The lowest BCUT2D eigenvalue weighted by molar-refractivity contribution is -0.130. The summed E-state index contributed by atoms with van der Waals surface area (Å²) in [6.07, 6.45) is 0. The number of hydrogen-bond acceptors (Lipinski definition) is 2. The van der Waals surface area contributed by atoms with Gasteiger partial charge in [0.1, 0.15) is 5.75 Å². The van der Waals surface area contributed by atoms with E-state index in [2.05, 4.69) is 6.58 Å². The van der Waals surface area contributed by atoms with Crippen molar-refractivity contribution >= 4 is 29.2 Å². The number of carbonyl (C=O) groups excluding carboxylic acids is 1. The van der Waals surface area contributed by atoms with Crippen molar-refractivity contribution in [3.05, 3.63) is 40.4 Å². The van der Waals surface area contributed by atoms with Crippen molar-refractivity contribution in [2.24, 2.45) is 0 Å². The second-order valence-corrected chi connectivity index (χ2v) is 3.56. The molecule has 1 rings (SSSR count). The maximum absolute atomic E-state index is 11.1. The van der Waals surface area contributed by atoms with Gasteiger partial charge in [-0.3, -0.25) is 0 Å². The molecular weight excluding hydrogens is 223 g/mol. The van der Waals surface area contributed by atoms with E-state index in [1.165, 1.54) is 6.07 Å². The van der Waals surface area contributed by atoms with Gasteiger partial charge in [-0.15, -0.1) is 0 Å². The lowest BCUT2D eigenvalue weighted by Crippen LogP contribution is -2.07. The normalized spacial score (nSPS) is 9.64. The Bertz CT molecular complexity index is 386. The van der Waals surface area contributed by atoms with Crippen molar-refractivity contribution in [2.75, 3.05) is 0 Å². The second kappa shape index (κ2) is 4.49. The minimum Gasteiger partial charge on any atom is -0.423 e. The SMILES string of the molecule is C=C(C)C(=O)Oc1ccc(Cl)c(Cl)c1. The molecule has 0 unspecified atom stereocenters. The molecule has 1 aromatic rings. The standard InChI is InChI=1S/C10H8Cl2O2/c1-6(2)10(13)14-7-3-4-8(11)9(12)5-7/h3-5H,1H2,2H3. The molecule has 0 aromatic heterocycles. The fourth-order valence-electron chi connectivity index (χ4n) is 0.734. The Morgan fingerprint density at radius 3 is 2.50 bits per heavy atom. The summed E-state index contributed by atoms with van der Waals surface area (Å²) in [5.41, 5.74) is 0.330. The molecule has 0 N–H and O–H groups in total. The number of ether oxygens (including phenoxy) is 1. The zero-order chi connectivity index (χ0) is 10.7. The van der Waals surface area contributed by atoms with Crippen LogP contribution in [0.25, 0.3) is 0 Å². The maximum atomic E-state index is 11.1. The second-order valence-electron chi connectivity index (χ2n) is 2.75. The summed E-state index contributed by atoms with van der Waals surface area (Å²) >= 11 is 11.4. The third-order valence-corrected chi connectivity index (χ3v) is 2.19. The largest absolute Gasteiger partial charge is 0.423 e. The molecule has 0 aliphatic carbocycles. The molecule has 0 fully saturated rings. The third kappa shape index (κ3) is 2.76. The molecular formula is C10H8Cl2O2. The first-order valence-electron chi connectivity index (χ1n) is 3.83. The molecule has 1 aromatic carbocycles. The minimum atomic E-state index is -0.483. The summed E-state index contributed by atoms with van der Waals surface area (Å²) in [5, 5.41) is 0.764. The van der Waals surface area contributed by atoms with E-state index in [4.69, 9.17) is 27.9 Å². The lowest BCUT2D eigenvalue weighted by atomic mass is 10.3. The van der Waals surface area contributed by atoms with Crippen LogP contribution in [0, 0.1) is 0 Å². The monoisotopic (exact) mass is 230 g/mol. The van der Waals surface area contributed by atoms with Crippen molar-refractivity contribution in [3.63, 3.8) is 0 Å². The van der Waals surface area contributed by atoms with Crippen molar-refractivity contribution in [3.8, 4) is 5.75 Å². The average molecular weight is 231 g/mol. The van der Waals surface area contributed by atoms with Gasteiger partial charge in [0.15, 0.2) is 0 Å². The molecule has 2 nitrogen and oxygen atoms in total. The van der Waals surface area contributed by atoms with Gasteiger partial charge in [-0.25, -0.2) is 4.79 Å². The topological polar surface area (TPSA) is 26.3 Å². The molecule has 0 saturated carbocycles. The van der Waals surface area contributed by atoms with Crippen LogP contribution < -0.4 is 4.74 Å². The smallest absolute Gasteiger partial charge is 0.338 e. The van der Waals surface area contributed by atoms with Crippen LogP contribution in [0.1, 0.15) is 6.92 Å². The highest BCUT2D eigenvalue weighted by atomic mass is 35.5. The predicted octanol–water partition coefficient (Wildman–Crippen LogP) is 3.47. The van der Waals surface area contributed by atoms with Gasteiger partial charge in [0.05, 0.1) is 10.0 Å². The van der Waals surface area contributed by atoms with Gasteiger partial charge in [-0.2, -0.15) is 0 Å². The van der Waals surface area contributed by atoms with Crippen LogP contribution in [0.5, 0.6) is 5.75 Å². The van der Waals surface area contributed by atoms with Crippen LogP contribution in [0.15, 0.2) is 30.4 Å². The molecule has 0 saturated heterocycles. The lowest BCUT2D eigenvalue weighted by Gasteiger charge is -2.04. The molecule has 0 atom stereocenters. The van der Waals surface area contributed by atoms with E-state index in [0.717, 1.165) is 0 Å². The van der Waals surface area contributed by atoms with Crippen molar-refractivity contribution < 1.29 is 9.53 Å². The zero-order valence-electron chi connectivity index (χ0n) is 7.51. The summed E-state index contributed by atoms with van der Waals surface area (Å²) in [6, 6.07) is 4.60. The Morgan fingerprint density at radius 2 is 2.00 bits per heavy atom. The van der Waals surface area contributed by atoms with Crippen LogP contribution >= 0.6 is 23.2 Å². The zero-order valence-corrected chi connectivity index (χ0v) is 9.02. The van der Waals surface area contributed by atoms with Gasteiger partial charge in [-0.1, -0.05) is 29.8 Å². The highest BCUT2D eigenvalue weighted by Gasteiger charge is 2.06. The highest BCUT2D eigenvalue weighted by Crippen LogP contribution is 2.26. The van der Waals surface area contributed by atoms with Crippen LogP contribution in [0.3, 0.4) is 0 Å². The summed E-state index contributed by atoms with van der Waals surface area (Å²) in [6.45, 7) is 5.03. The number of esters is 1. The fraction of sp³-hybridized carbons (Fsp3) is 0.100. The maximum Gasteiger partial charge on any atom is 0.338 e. The Labute approximate surface area is 92.1 Å². The molecule has 0 amide bonds. The quantitative estimate of drug-likeness (QED) is 0.442. The van der Waals surface area contributed by atoms with Crippen molar-refractivity contribution in [1.29, 1.82) is 0 Å². The van der Waals surface area contributed by atoms with E-state index in [1.54, 1.807) is 19.1 Å². The fourth-order valence-corrected chi connectivity index (χ4v) is 1.02. The third-order valence-electron chi connectivity index (χ3n) is 1.45. The van der Waals surface area contributed by atoms with Crippen molar-refractivity contribution in [1.82, 2.24) is 0 Å². The Morgan fingerprint density at radius 1 is 1.36 bits per heavy atom. The van der Waals surface area contributed by atoms with Gasteiger partial charge >= 0.3 is 5.97 Å². The molecule has 0 heterocycles. The highest BCUT2D eigenvalue weighted by molar-refractivity contribution is 6.42. The molecule has 0 radical (unpaired) electrons. The van der Waals surface area contributed by atoms with Crippen LogP contribution in [-0.2, 0) is 4.79 Å².